The number of aliphatic imine (C=N–C) groups is 1. The summed E-state index contributed by atoms with van der Waals surface area (Å²) in [5, 5.41) is 15.0. The third-order valence-electron chi connectivity index (χ3n) is 3.09. The highest BCUT2D eigenvalue weighted by atomic mass is 16.6. The van der Waals surface area contributed by atoms with Gasteiger partial charge < -0.3 is 0 Å². The van der Waals surface area contributed by atoms with Gasteiger partial charge >= 0.3 is 0 Å². The summed E-state index contributed by atoms with van der Waals surface area (Å²) in [5.41, 5.74) is 3.64. The van der Waals surface area contributed by atoms with Gasteiger partial charge in [0, 0.05) is 24.9 Å². The van der Waals surface area contributed by atoms with Crippen molar-refractivity contribution >= 4 is 17.6 Å². The van der Waals surface area contributed by atoms with E-state index in [-0.39, 0.29) is 5.69 Å². The summed E-state index contributed by atoms with van der Waals surface area (Å²) in [7, 11) is 0. The molecule has 1 aromatic heterocycles. The molecule has 0 amide bonds. The molecule has 0 atom stereocenters. The maximum atomic E-state index is 10.6. The monoisotopic (exact) mass is 272 g/mol. The van der Waals surface area contributed by atoms with Gasteiger partial charge in [0.1, 0.15) is 5.69 Å². The van der Waals surface area contributed by atoms with Crippen LogP contribution in [0, 0.1) is 24.0 Å². The van der Waals surface area contributed by atoms with E-state index in [4.69, 9.17) is 0 Å². The molecule has 6 heteroatoms. The van der Waals surface area contributed by atoms with Crippen molar-refractivity contribution < 1.29 is 4.92 Å². The van der Waals surface area contributed by atoms with Crippen LogP contribution in [0.5, 0.6) is 0 Å². The SMILES string of the molecule is CCn1nc(C)c(N=Cc2ccc([N+](=O)[O-])cc2)c1C. The number of aromatic nitrogens is 2. The molecule has 0 saturated carbocycles. The first-order valence-corrected chi connectivity index (χ1v) is 6.35. The van der Waals surface area contributed by atoms with Gasteiger partial charge in [-0.15, -0.1) is 0 Å². The van der Waals surface area contributed by atoms with Crippen molar-refractivity contribution in [2.75, 3.05) is 0 Å². The molecule has 0 spiro atoms. The standard InChI is InChI=1S/C14H16N4O2/c1-4-17-11(3)14(10(2)16-17)15-9-12-5-7-13(8-6-12)18(19)20/h5-9H,4H2,1-3H3. The van der Waals surface area contributed by atoms with E-state index in [1.165, 1.54) is 12.1 Å². The molecule has 1 heterocycles. The Balaban J connectivity index is 2.25. The lowest BCUT2D eigenvalue weighted by Gasteiger charge is -1.98. The Morgan fingerprint density at radius 3 is 2.50 bits per heavy atom. The maximum Gasteiger partial charge on any atom is 0.269 e. The molecule has 1 aromatic carbocycles. The van der Waals surface area contributed by atoms with Crippen LogP contribution in [0.2, 0.25) is 0 Å². The highest BCUT2D eigenvalue weighted by Crippen LogP contribution is 2.22. The molecule has 0 aliphatic heterocycles. The molecular weight excluding hydrogens is 256 g/mol. The van der Waals surface area contributed by atoms with Crippen molar-refractivity contribution in [1.82, 2.24) is 9.78 Å². The lowest BCUT2D eigenvalue weighted by Crippen LogP contribution is -1.98. The predicted octanol–water partition coefficient (Wildman–Crippen LogP) is 3.18. The smallest absolute Gasteiger partial charge is 0.268 e. The van der Waals surface area contributed by atoms with Gasteiger partial charge in [-0.05, 0) is 38.5 Å². The molecule has 0 aliphatic carbocycles. The minimum atomic E-state index is -0.416. The van der Waals surface area contributed by atoms with Crippen LogP contribution in [0.3, 0.4) is 0 Å². The van der Waals surface area contributed by atoms with Gasteiger partial charge in [0.05, 0.1) is 16.3 Å². The molecule has 0 fully saturated rings. The zero-order valence-electron chi connectivity index (χ0n) is 11.7. The molecule has 6 nitrogen and oxygen atoms in total. The van der Waals surface area contributed by atoms with Crippen LogP contribution in [0.15, 0.2) is 29.3 Å². The molecule has 0 radical (unpaired) electrons. The average molecular weight is 272 g/mol. The molecular formula is C14H16N4O2. The van der Waals surface area contributed by atoms with E-state index in [1.807, 2.05) is 25.5 Å². The number of rotatable bonds is 4. The summed E-state index contributed by atoms with van der Waals surface area (Å²) in [4.78, 5) is 14.6. The Morgan fingerprint density at radius 1 is 1.35 bits per heavy atom. The first-order valence-electron chi connectivity index (χ1n) is 6.35. The Bertz CT molecular complexity index is 657. The van der Waals surface area contributed by atoms with Gasteiger partial charge in [0.15, 0.2) is 0 Å². The molecule has 104 valence electrons. The van der Waals surface area contributed by atoms with E-state index in [1.54, 1.807) is 18.3 Å². The van der Waals surface area contributed by atoms with Crippen molar-refractivity contribution in [3.05, 3.63) is 51.3 Å². The normalized spacial score (nSPS) is 11.2. The third-order valence-corrected chi connectivity index (χ3v) is 3.09. The van der Waals surface area contributed by atoms with E-state index in [0.29, 0.717) is 0 Å². The maximum absolute atomic E-state index is 10.6. The van der Waals surface area contributed by atoms with Crippen molar-refractivity contribution in [2.24, 2.45) is 4.99 Å². The molecule has 0 bridgehead atoms. The van der Waals surface area contributed by atoms with E-state index in [9.17, 15) is 10.1 Å². The lowest BCUT2D eigenvalue weighted by atomic mass is 10.2. The predicted molar refractivity (Wildman–Crippen MR) is 77.7 cm³/mol. The number of non-ortho nitro benzene ring substituents is 1. The highest BCUT2D eigenvalue weighted by Gasteiger charge is 2.08. The second-order valence-electron chi connectivity index (χ2n) is 4.44. The number of hydrogen-bond donors (Lipinski definition) is 0. The fourth-order valence-electron chi connectivity index (χ4n) is 2.00. The molecule has 0 aliphatic rings. The summed E-state index contributed by atoms with van der Waals surface area (Å²) in [5.74, 6) is 0. The van der Waals surface area contributed by atoms with Crippen LogP contribution in [0.4, 0.5) is 11.4 Å². The topological polar surface area (TPSA) is 73.3 Å². The van der Waals surface area contributed by atoms with Gasteiger partial charge in [0.2, 0.25) is 0 Å². The molecule has 2 rings (SSSR count). The second kappa shape index (κ2) is 5.64. The minimum absolute atomic E-state index is 0.0771. The number of benzene rings is 1. The molecule has 0 saturated heterocycles. The zero-order valence-corrected chi connectivity index (χ0v) is 11.7. The van der Waals surface area contributed by atoms with Crippen molar-refractivity contribution in [2.45, 2.75) is 27.3 Å². The number of hydrogen-bond acceptors (Lipinski definition) is 4. The second-order valence-corrected chi connectivity index (χ2v) is 4.44. The Morgan fingerprint density at radius 2 is 2.00 bits per heavy atom. The molecule has 0 N–H and O–H groups in total. The average Bonchev–Trinajstić information content (AvgIpc) is 2.71. The van der Waals surface area contributed by atoms with Gasteiger partial charge in [-0.25, -0.2) is 0 Å². The Labute approximate surface area is 116 Å². The zero-order chi connectivity index (χ0) is 14.7. The lowest BCUT2D eigenvalue weighted by molar-refractivity contribution is -0.384. The minimum Gasteiger partial charge on any atom is -0.268 e. The van der Waals surface area contributed by atoms with Gasteiger partial charge in [-0.2, -0.15) is 5.10 Å². The summed E-state index contributed by atoms with van der Waals surface area (Å²) in [6, 6.07) is 6.29. The van der Waals surface area contributed by atoms with E-state index >= 15 is 0 Å². The first-order chi connectivity index (χ1) is 9.52. The van der Waals surface area contributed by atoms with Crippen molar-refractivity contribution in [3.8, 4) is 0 Å². The molecule has 0 unspecified atom stereocenters. The largest absolute Gasteiger partial charge is 0.269 e. The van der Waals surface area contributed by atoms with Crippen LogP contribution in [0.25, 0.3) is 0 Å². The van der Waals surface area contributed by atoms with Gasteiger partial charge in [-0.3, -0.25) is 19.8 Å². The number of aryl methyl sites for hydroxylation is 2. The Kier molecular flexibility index (Phi) is 3.93. The fraction of sp³-hybridized carbons (Fsp3) is 0.286. The summed E-state index contributed by atoms with van der Waals surface area (Å²) >= 11 is 0. The Hall–Kier alpha value is -2.50. The first kappa shape index (κ1) is 13.9. The summed E-state index contributed by atoms with van der Waals surface area (Å²) in [6.45, 7) is 6.73. The van der Waals surface area contributed by atoms with Crippen LogP contribution in [-0.2, 0) is 6.54 Å². The molecule has 2 aromatic rings. The van der Waals surface area contributed by atoms with E-state index < -0.39 is 4.92 Å². The fourth-order valence-corrected chi connectivity index (χ4v) is 2.00. The number of nitrogens with zero attached hydrogens (tertiary/aromatic N) is 4. The molecule has 20 heavy (non-hydrogen) atoms. The highest BCUT2D eigenvalue weighted by molar-refractivity contribution is 5.82. The summed E-state index contributed by atoms with van der Waals surface area (Å²) < 4.78 is 1.90. The number of nitro groups is 1. The summed E-state index contributed by atoms with van der Waals surface area (Å²) in [6.07, 6.45) is 1.70. The number of nitro benzene ring substituents is 1. The van der Waals surface area contributed by atoms with Gasteiger partial charge in [0.25, 0.3) is 5.69 Å². The van der Waals surface area contributed by atoms with E-state index in [0.717, 1.165) is 29.2 Å². The third kappa shape index (κ3) is 2.74. The van der Waals surface area contributed by atoms with E-state index in [2.05, 4.69) is 10.1 Å². The van der Waals surface area contributed by atoms with Crippen LogP contribution < -0.4 is 0 Å². The van der Waals surface area contributed by atoms with Crippen molar-refractivity contribution in [1.29, 1.82) is 0 Å². The quantitative estimate of drug-likeness (QED) is 0.487. The van der Waals surface area contributed by atoms with Crippen LogP contribution in [0.1, 0.15) is 23.9 Å². The van der Waals surface area contributed by atoms with Gasteiger partial charge in [-0.1, -0.05) is 0 Å². The van der Waals surface area contributed by atoms with Crippen molar-refractivity contribution in [3.63, 3.8) is 0 Å². The van der Waals surface area contributed by atoms with Crippen LogP contribution in [-0.4, -0.2) is 20.9 Å². The van der Waals surface area contributed by atoms with Crippen LogP contribution >= 0.6 is 0 Å².